The molecule has 1 aliphatic heterocycles. The molecule has 0 saturated carbocycles. The van der Waals surface area contributed by atoms with E-state index >= 15 is 0 Å². The molecule has 0 aliphatic carbocycles. The molecule has 9 nitrogen and oxygen atoms in total. The average molecular weight is 430 g/mol. The van der Waals surface area contributed by atoms with Gasteiger partial charge in [-0.3, -0.25) is 9.36 Å². The number of anilines is 1. The predicted molar refractivity (Wildman–Crippen MR) is 118 cm³/mol. The van der Waals surface area contributed by atoms with Crippen LogP contribution in [0.15, 0.2) is 53.3 Å². The molecular formula is C23H22N6O3. The number of ether oxygens (including phenoxy) is 1. The summed E-state index contributed by atoms with van der Waals surface area (Å²) in [6, 6.07) is 13.0. The lowest BCUT2D eigenvalue weighted by Crippen LogP contribution is -2.24. The third-order valence-electron chi connectivity index (χ3n) is 5.45. The van der Waals surface area contributed by atoms with E-state index in [0.29, 0.717) is 34.4 Å². The van der Waals surface area contributed by atoms with E-state index < -0.39 is 0 Å². The third kappa shape index (κ3) is 3.52. The standard InChI is InChI=1S/C23H22N6O3/c1-14-20(21(28-32-14)15-6-4-3-5-7-15)22(30)26-16-8-9-19(27-23(16)31-2)29-13-25-17-12-24-11-10-18(17)29/h3-9,13,24H,10-12H2,1-2H3,(H,26,30). The van der Waals surface area contributed by atoms with Gasteiger partial charge in [0.05, 0.1) is 12.8 Å². The fraction of sp³-hybridized carbons (Fsp3) is 0.217. The van der Waals surface area contributed by atoms with Crippen LogP contribution >= 0.6 is 0 Å². The number of benzene rings is 1. The second-order valence-electron chi connectivity index (χ2n) is 7.44. The minimum atomic E-state index is -0.346. The third-order valence-corrected chi connectivity index (χ3v) is 5.45. The maximum Gasteiger partial charge on any atom is 0.261 e. The molecule has 0 fully saturated rings. The van der Waals surface area contributed by atoms with Crippen molar-refractivity contribution in [1.29, 1.82) is 0 Å². The van der Waals surface area contributed by atoms with Gasteiger partial charge in [0.15, 0.2) is 0 Å². The summed E-state index contributed by atoms with van der Waals surface area (Å²) < 4.78 is 12.8. The molecule has 1 aliphatic rings. The van der Waals surface area contributed by atoms with Gasteiger partial charge in [-0.2, -0.15) is 4.98 Å². The van der Waals surface area contributed by atoms with E-state index in [1.54, 1.807) is 19.3 Å². The Kier molecular flexibility index (Phi) is 5.16. The Morgan fingerprint density at radius 3 is 2.88 bits per heavy atom. The van der Waals surface area contributed by atoms with Crippen molar-refractivity contribution in [3.8, 4) is 23.0 Å². The number of nitrogens with one attached hydrogen (secondary N) is 2. The first-order valence-corrected chi connectivity index (χ1v) is 10.3. The summed E-state index contributed by atoms with van der Waals surface area (Å²) >= 11 is 0. The van der Waals surface area contributed by atoms with Crippen molar-refractivity contribution in [1.82, 2.24) is 25.0 Å². The van der Waals surface area contributed by atoms with Crippen LogP contribution in [0.4, 0.5) is 5.69 Å². The smallest absolute Gasteiger partial charge is 0.261 e. The number of fused-ring (bicyclic) bond motifs is 1. The van der Waals surface area contributed by atoms with E-state index in [-0.39, 0.29) is 5.91 Å². The molecule has 2 N–H and O–H groups in total. The second kappa shape index (κ2) is 8.27. The van der Waals surface area contributed by atoms with Crippen LogP contribution in [0.2, 0.25) is 0 Å². The first-order valence-electron chi connectivity index (χ1n) is 10.3. The van der Waals surface area contributed by atoms with E-state index in [4.69, 9.17) is 9.26 Å². The molecule has 32 heavy (non-hydrogen) atoms. The lowest BCUT2D eigenvalue weighted by Gasteiger charge is -2.16. The number of hydrogen-bond acceptors (Lipinski definition) is 7. The van der Waals surface area contributed by atoms with Gasteiger partial charge >= 0.3 is 0 Å². The molecule has 1 aromatic carbocycles. The summed E-state index contributed by atoms with van der Waals surface area (Å²) in [7, 11) is 1.52. The molecular weight excluding hydrogens is 408 g/mol. The van der Waals surface area contributed by atoms with E-state index in [9.17, 15) is 4.79 Å². The summed E-state index contributed by atoms with van der Waals surface area (Å²) in [5, 5.41) is 10.3. The van der Waals surface area contributed by atoms with Gasteiger partial charge in [-0.1, -0.05) is 35.5 Å². The minimum absolute atomic E-state index is 0.308. The number of carbonyl (C=O) groups is 1. The number of aromatic nitrogens is 4. The molecule has 0 unspecified atom stereocenters. The average Bonchev–Trinajstić information content (AvgIpc) is 3.43. The second-order valence-corrected chi connectivity index (χ2v) is 7.44. The number of rotatable bonds is 5. The molecule has 0 saturated heterocycles. The predicted octanol–water partition coefficient (Wildman–Crippen LogP) is 3.14. The zero-order valence-corrected chi connectivity index (χ0v) is 17.8. The Bertz CT molecular complexity index is 1280. The zero-order valence-electron chi connectivity index (χ0n) is 17.8. The molecule has 9 heteroatoms. The Morgan fingerprint density at radius 2 is 2.06 bits per heavy atom. The number of pyridine rings is 1. The largest absolute Gasteiger partial charge is 0.479 e. The van der Waals surface area contributed by atoms with Crippen molar-refractivity contribution in [2.75, 3.05) is 19.0 Å². The maximum atomic E-state index is 13.1. The Morgan fingerprint density at radius 1 is 1.22 bits per heavy atom. The number of methoxy groups -OCH3 is 1. The first-order chi connectivity index (χ1) is 15.7. The lowest BCUT2D eigenvalue weighted by molar-refractivity contribution is 0.102. The van der Waals surface area contributed by atoms with Crippen LogP contribution in [0.5, 0.6) is 5.88 Å². The van der Waals surface area contributed by atoms with Crippen molar-refractivity contribution in [3.63, 3.8) is 0 Å². The fourth-order valence-corrected chi connectivity index (χ4v) is 3.87. The zero-order chi connectivity index (χ0) is 22.1. The molecule has 162 valence electrons. The molecule has 0 spiro atoms. The van der Waals surface area contributed by atoms with Gasteiger partial charge in [0, 0.05) is 30.8 Å². The molecule has 5 rings (SSSR count). The molecule has 3 aromatic heterocycles. The quantitative estimate of drug-likeness (QED) is 0.501. The molecule has 0 radical (unpaired) electrons. The van der Waals surface area contributed by atoms with E-state index in [0.717, 1.165) is 36.5 Å². The van der Waals surface area contributed by atoms with Crippen molar-refractivity contribution in [2.45, 2.75) is 19.9 Å². The van der Waals surface area contributed by atoms with Gasteiger partial charge in [0.2, 0.25) is 5.88 Å². The van der Waals surface area contributed by atoms with E-state index in [2.05, 4.69) is 25.8 Å². The Hall–Kier alpha value is -3.98. The van der Waals surface area contributed by atoms with Crippen molar-refractivity contribution < 1.29 is 14.1 Å². The monoisotopic (exact) mass is 430 g/mol. The molecule has 0 atom stereocenters. The topological polar surface area (TPSA) is 107 Å². The van der Waals surface area contributed by atoms with Gasteiger partial charge in [-0.15, -0.1) is 0 Å². The number of amides is 1. The van der Waals surface area contributed by atoms with Crippen LogP contribution in [0.1, 0.15) is 27.5 Å². The lowest BCUT2D eigenvalue weighted by atomic mass is 10.1. The first kappa shape index (κ1) is 20.0. The van der Waals surface area contributed by atoms with Gasteiger partial charge in [0.1, 0.15) is 34.9 Å². The van der Waals surface area contributed by atoms with Gasteiger partial charge in [0.25, 0.3) is 5.91 Å². The number of aryl methyl sites for hydroxylation is 1. The maximum absolute atomic E-state index is 13.1. The normalized spacial score (nSPS) is 12.9. The highest BCUT2D eigenvalue weighted by Crippen LogP contribution is 2.29. The molecule has 4 aromatic rings. The highest BCUT2D eigenvalue weighted by molar-refractivity contribution is 6.09. The Balaban J connectivity index is 1.45. The summed E-state index contributed by atoms with van der Waals surface area (Å²) in [6.07, 6.45) is 2.64. The summed E-state index contributed by atoms with van der Waals surface area (Å²) in [6.45, 7) is 3.35. The summed E-state index contributed by atoms with van der Waals surface area (Å²) in [5.41, 5.74) is 4.26. The molecule has 4 heterocycles. The van der Waals surface area contributed by atoms with Crippen molar-refractivity contribution in [2.24, 2.45) is 0 Å². The van der Waals surface area contributed by atoms with E-state index in [1.807, 2.05) is 41.0 Å². The molecule has 0 bridgehead atoms. The number of imidazole rings is 1. The highest BCUT2D eigenvalue weighted by Gasteiger charge is 2.23. The SMILES string of the molecule is COc1nc(-n2cnc3c2CCNC3)ccc1NC(=O)c1c(-c2ccccc2)noc1C. The van der Waals surface area contributed by atoms with Crippen LogP contribution < -0.4 is 15.4 Å². The van der Waals surface area contributed by atoms with Crippen LogP contribution in [-0.4, -0.2) is 39.3 Å². The van der Waals surface area contributed by atoms with Crippen LogP contribution in [0.25, 0.3) is 17.1 Å². The van der Waals surface area contributed by atoms with Crippen LogP contribution in [-0.2, 0) is 13.0 Å². The van der Waals surface area contributed by atoms with Gasteiger partial charge in [-0.25, -0.2) is 4.98 Å². The number of carbonyl (C=O) groups excluding carboxylic acids is 1. The highest BCUT2D eigenvalue weighted by atomic mass is 16.5. The molecule has 1 amide bonds. The Labute approximate surface area is 184 Å². The minimum Gasteiger partial charge on any atom is -0.479 e. The van der Waals surface area contributed by atoms with Crippen molar-refractivity contribution >= 4 is 11.6 Å². The summed E-state index contributed by atoms with van der Waals surface area (Å²) in [4.78, 5) is 22.2. The van der Waals surface area contributed by atoms with Crippen molar-refractivity contribution in [3.05, 3.63) is 71.5 Å². The van der Waals surface area contributed by atoms with E-state index in [1.165, 1.54) is 7.11 Å². The van der Waals surface area contributed by atoms with Crippen LogP contribution in [0, 0.1) is 6.92 Å². The number of nitrogens with zero attached hydrogens (tertiary/aromatic N) is 4. The number of hydrogen-bond donors (Lipinski definition) is 2. The summed E-state index contributed by atoms with van der Waals surface area (Å²) in [5.74, 6) is 1.08. The van der Waals surface area contributed by atoms with Crippen LogP contribution in [0.3, 0.4) is 0 Å². The van der Waals surface area contributed by atoms with Gasteiger partial charge < -0.3 is 19.9 Å². The van der Waals surface area contributed by atoms with Gasteiger partial charge in [-0.05, 0) is 19.1 Å². The fourth-order valence-electron chi connectivity index (χ4n) is 3.87.